The molecule has 3 aromatic rings. The lowest BCUT2D eigenvalue weighted by atomic mass is 10.2. The number of amides is 1. The van der Waals surface area contributed by atoms with Crippen molar-refractivity contribution in [3.63, 3.8) is 0 Å². The van der Waals surface area contributed by atoms with Crippen LogP contribution in [-0.4, -0.2) is 5.91 Å². The Kier molecular flexibility index (Phi) is 4.69. The Bertz CT molecular complexity index is 847. The Morgan fingerprint density at radius 1 is 1.00 bits per heavy atom. The average Bonchev–Trinajstić information content (AvgIpc) is 2.98. The maximum Gasteiger partial charge on any atom is 0.291 e. The summed E-state index contributed by atoms with van der Waals surface area (Å²) in [6.45, 7) is 0. The fraction of sp³-hybridized carbons (Fsp3) is 0. The second kappa shape index (κ2) is 6.89. The highest BCUT2D eigenvalue weighted by Gasteiger charge is 2.14. The maximum absolute atomic E-state index is 12.2. The number of ether oxygens (including phenoxy) is 1. The Hall–Kier alpha value is -2.24. The Morgan fingerprint density at radius 2 is 1.70 bits per heavy atom. The van der Waals surface area contributed by atoms with Crippen molar-refractivity contribution in [3.05, 3.63) is 76.1 Å². The van der Waals surface area contributed by atoms with Gasteiger partial charge in [0.15, 0.2) is 16.2 Å². The molecule has 0 aliphatic heterocycles. The van der Waals surface area contributed by atoms with Gasteiger partial charge in [-0.2, -0.15) is 0 Å². The first-order valence-corrected chi connectivity index (χ1v) is 7.88. The van der Waals surface area contributed by atoms with Gasteiger partial charge >= 0.3 is 0 Å². The molecule has 0 bridgehead atoms. The van der Waals surface area contributed by atoms with Crippen LogP contribution in [0.5, 0.6) is 11.5 Å². The molecule has 0 spiro atoms. The van der Waals surface area contributed by atoms with Crippen LogP contribution in [0.15, 0.2) is 69.8 Å². The molecule has 4 nitrogen and oxygen atoms in total. The molecule has 1 N–H and O–H groups in total. The summed E-state index contributed by atoms with van der Waals surface area (Å²) in [5.41, 5.74) is 0.518. The van der Waals surface area contributed by atoms with Crippen molar-refractivity contribution in [2.45, 2.75) is 0 Å². The normalized spacial score (nSPS) is 10.3. The molecule has 0 aliphatic rings. The van der Waals surface area contributed by atoms with Crippen molar-refractivity contribution in [2.75, 3.05) is 5.32 Å². The van der Waals surface area contributed by atoms with Crippen molar-refractivity contribution < 1.29 is 13.9 Å². The van der Waals surface area contributed by atoms with Crippen LogP contribution in [0.4, 0.5) is 5.69 Å². The molecule has 0 fully saturated rings. The van der Waals surface area contributed by atoms with Gasteiger partial charge in [0.05, 0.1) is 10.7 Å². The fourth-order valence-electron chi connectivity index (χ4n) is 1.93. The van der Waals surface area contributed by atoms with Gasteiger partial charge in [0.25, 0.3) is 5.91 Å². The maximum atomic E-state index is 12.2. The predicted molar refractivity (Wildman–Crippen MR) is 92.3 cm³/mol. The number of carbonyl (C=O) groups excluding carboxylic acids is 1. The largest absolute Gasteiger partial charge is 0.454 e. The molecule has 0 radical (unpaired) electrons. The van der Waals surface area contributed by atoms with E-state index in [0.29, 0.717) is 26.9 Å². The smallest absolute Gasteiger partial charge is 0.291 e. The molecule has 1 aromatic heterocycles. The molecule has 0 saturated carbocycles. The standard InChI is InChI=1S/C17H11BrClNO3/c18-16-10-9-15(23-16)17(21)20-12-6-2-4-8-14(12)22-13-7-3-1-5-11(13)19/h1-10H,(H,20,21). The monoisotopic (exact) mass is 391 g/mol. The van der Waals surface area contributed by atoms with E-state index in [0.717, 1.165) is 0 Å². The molecule has 0 aliphatic carbocycles. The molecule has 1 amide bonds. The highest BCUT2D eigenvalue weighted by atomic mass is 79.9. The second-order valence-electron chi connectivity index (χ2n) is 4.59. The zero-order chi connectivity index (χ0) is 16.2. The third kappa shape index (κ3) is 3.75. The minimum absolute atomic E-state index is 0.199. The minimum atomic E-state index is -0.370. The number of benzene rings is 2. The number of carbonyl (C=O) groups is 1. The van der Waals surface area contributed by atoms with Gasteiger partial charge in [-0.1, -0.05) is 35.9 Å². The first-order valence-electron chi connectivity index (χ1n) is 6.71. The van der Waals surface area contributed by atoms with E-state index in [1.165, 1.54) is 0 Å². The number of anilines is 1. The van der Waals surface area contributed by atoms with Crippen LogP contribution in [0.3, 0.4) is 0 Å². The van der Waals surface area contributed by atoms with Crippen molar-refractivity contribution in [1.29, 1.82) is 0 Å². The summed E-state index contributed by atoms with van der Waals surface area (Å²) in [7, 11) is 0. The van der Waals surface area contributed by atoms with Gasteiger partial charge in [-0.3, -0.25) is 4.79 Å². The quantitative estimate of drug-likeness (QED) is 0.616. The van der Waals surface area contributed by atoms with Gasteiger partial charge in [-0.05, 0) is 52.3 Å². The number of rotatable bonds is 4. The topological polar surface area (TPSA) is 51.5 Å². The molecule has 116 valence electrons. The number of hydrogen-bond donors (Lipinski definition) is 1. The molecular formula is C17H11BrClNO3. The summed E-state index contributed by atoms with van der Waals surface area (Å²) in [5.74, 6) is 0.825. The number of hydrogen-bond acceptors (Lipinski definition) is 3. The van der Waals surface area contributed by atoms with Crippen molar-refractivity contribution >= 4 is 39.1 Å². The third-order valence-corrected chi connectivity index (χ3v) is 3.73. The average molecular weight is 393 g/mol. The molecule has 0 atom stereocenters. The van der Waals surface area contributed by atoms with Gasteiger partial charge in [-0.25, -0.2) is 0 Å². The highest BCUT2D eigenvalue weighted by Crippen LogP contribution is 2.33. The van der Waals surface area contributed by atoms with Gasteiger partial charge in [0.1, 0.15) is 5.75 Å². The SMILES string of the molecule is O=C(Nc1ccccc1Oc1ccccc1Cl)c1ccc(Br)o1. The van der Waals surface area contributed by atoms with Crippen molar-refractivity contribution in [2.24, 2.45) is 0 Å². The van der Waals surface area contributed by atoms with Gasteiger partial charge in [-0.15, -0.1) is 0 Å². The van der Waals surface area contributed by atoms with Crippen LogP contribution in [0.2, 0.25) is 5.02 Å². The Balaban J connectivity index is 1.83. The van der Waals surface area contributed by atoms with Crippen LogP contribution in [0, 0.1) is 0 Å². The lowest BCUT2D eigenvalue weighted by Crippen LogP contribution is -2.11. The lowest BCUT2D eigenvalue weighted by Gasteiger charge is -2.12. The molecule has 6 heteroatoms. The van der Waals surface area contributed by atoms with E-state index in [1.807, 2.05) is 18.2 Å². The number of furan rings is 1. The van der Waals surface area contributed by atoms with E-state index in [9.17, 15) is 4.79 Å². The summed E-state index contributed by atoms with van der Waals surface area (Å²) < 4.78 is 11.5. The van der Waals surface area contributed by atoms with Crippen LogP contribution in [-0.2, 0) is 0 Å². The molecular weight excluding hydrogens is 382 g/mol. The zero-order valence-electron chi connectivity index (χ0n) is 11.8. The predicted octanol–water partition coefficient (Wildman–Crippen LogP) is 5.74. The van der Waals surface area contributed by atoms with Crippen molar-refractivity contribution in [1.82, 2.24) is 0 Å². The Morgan fingerprint density at radius 3 is 2.39 bits per heavy atom. The lowest BCUT2D eigenvalue weighted by molar-refractivity contribution is 0.0995. The van der Waals surface area contributed by atoms with Crippen LogP contribution < -0.4 is 10.1 Å². The molecule has 0 unspecified atom stereocenters. The molecule has 0 saturated heterocycles. The van der Waals surface area contributed by atoms with Gasteiger partial charge < -0.3 is 14.5 Å². The zero-order valence-corrected chi connectivity index (χ0v) is 14.1. The summed E-state index contributed by atoms with van der Waals surface area (Å²) in [5, 5.41) is 3.25. The molecule has 3 rings (SSSR count). The number of halogens is 2. The van der Waals surface area contributed by atoms with Crippen molar-refractivity contribution in [3.8, 4) is 11.5 Å². The molecule has 2 aromatic carbocycles. The molecule has 1 heterocycles. The van der Waals surface area contributed by atoms with E-state index in [4.69, 9.17) is 20.8 Å². The summed E-state index contributed by atoms with van der Waals surface area (Å²) in [4.78, 5) is 12.2. The van der Waals surface area contributed by atoms with E-state index in [2.05, 4.69) is 21.2 Å². The Labute approximate surface area is 146 Å². The molecule has 23 heavy (non-hydrogen) atoms. The summed E-state index contributed by atoms with van der Waals surface area (Å²) in [6.07, 6.45) is 0. The first-order chi connectivity index (χ1) is 11.1. The van der Waals surface area contributed by atoms with Crippen LogP contribution in [0.25, 0.3) is 0 Å². The summed E-state index contributed by atoms with van der Waals surface area (Å²) >= 11 is 9.26. The van der Waals surface area contributed by atoms with Gasteiger partial charge in [0.2, 0.25) is 0 Å². The van der Waals surface area contributed by atoms with E-state index >= 15 is 0 Å². The summed E-state index contributed by atoms with van der Waals surface area (Å²) in [6, 6.07) is 17.5. The van der Waals surface area contributed by atoms with Crippen LogP contribution in [0.1, 0.15) is 10.6 Å². The third-order valence-electron chi connectivity index (χ3n) is 2.99. The first kappa shape index (κ1) is 15.6. The second-order valence-corrected chi connectivity index (χ2v) is 5.78. The van der Waals surface area contributed by atoms with Gasteiger partial charge in [0, 0.05) is 0 Å². The highest BCUT2D eigenvalue weighted by molar-refractivity contribution is 9.10. The van der Waals surface area contributed by atoms with E-state index < -0.39 is 0 Å². The number of para-hydroxylation sites is 3. The fourth-order valence-corrected chi connectivity index (χ4v) is 2.41. The van der Waals surface area contributed by atoms with E-state index in [-0.39, 0.29) is 11.7 Å². The van der Waals surface area contributed by atoms with Crippen LogP contribution >= 0.6 is 27.5 Å². The van der Waals surface area contributed by atoms with E-state index in [1.54, 1.807) is 42.5 Å². The number of nitrogens with one attached hydrogen (secondary N) is 1. The minimum Gasteiger partial charge on any atom is -0.454 e.